The molecular formula is C15H25F2N3O. The molecule has 4 nitrogen and oxygen atoms in total. The van der Waals surface area contributed by atoms with Crippen molar-refractivity contribution >= 4 is 11.6 Å². The summed E-state index contributed by atoms with van der Waals surface area (Å²) in [6.45, 7) is 8.71. The molecule has 0 bridgehead atoms. The van der Waals surface area contributed by atoms with Crippen LogP contribution in [0.1, 0.15) is 40.5 Å². The Morgan fingerprint density at radius 2 is 1.76 bits per heavy atom. The molecule has 1 aromatic heterocycles. The average Bonchev–Trinajstić information content (AvgIpc) is 2.34. The van der Waals surface area contributed by atoms with Crippen LogP contribution in [0.3, 0.4) is 0 Å². The van der Waals surface area contributed by atoms with Crippen molar-refractivity contribution in [3.63, 3.8) is 0 Å². The minimum atomic E-state index is -0.766. The smallest absolute Gasteiger partial charge is 0.168 e. The highest BCUT2D eigenvalue weighted by Gasteiger charge is 2.18. The van der Waals surface area contributed by atoms with Crippen LogP contribution in [0.4, 0.5) is 20.4 Å². The third-order valence-corrected chi connectivity index (χ3v) is 2.83. The molecule has 0 aromatic carbocycles. The highest BCUT2D eigenvalue weighted by atomic mass is 19.1. The Balaban J connectivity index is 2.69. The minimum absolute atomic E-state index is 0.0195. The summed E-state index contributed by atoms with van der Waals surface area (Å²) in [5.41, 5.74) is -0.0241. The van der Waals surface area contributed by atoms with Crippen molar-refractivity contribution in [2.24, 2.45) is 5.41 Å². The van der Waals surface area contributed by atoms with Gasteiger partial charge in [-0.05, 0) is 18.3 Å². The van der Waals surface area contributed by atoms with E-state index in [4.69, 9.17) is 0 Å². The van der Waals surface area contributed by atoms with Crippen molar-refractivity contribution in [1.29, 1.82) is 0 Å². The first-order chi connectivity index (χ1) is 9.73. The van der Waals surface area contributed by atoms with E-state index in [1.807, 2.05) is 27.7 Å². The molecule has 120 valence electrons. The van der Waals surface area contributed by atoms with Crippen LogP contribution in [0.2, 0.25) is 0 Å². The van der Waals surface area contributed by atoms with E-state index >= 15 is 0 Å². The summed E-state index contributed by atoms with van der Waals surface area (Å²) in [5, 5.41) is 15.4. The molecule has 0 aliphatic heterocycles. The molecule has 0 spiro atoms. The SMILES string of the molecule is CCCNc1nc(NCC(O)CC(C)(C)C)c(F)cc1F. The van der Waals surface area contributed by atoms with Gasteiger partial charge < -0.3 is 15.7 Å². The highest BCUT2D eigenvalue weighted by molar-refractivity contribution is 5.47. The van der Waals surface area contributed by atoms with Crippen LogP contribution in [0, 0.1) is 17.0 Å². The fourth-order valence-electron chi connectivity index (χ4n) is 1.95. The fraction of sp³-hybridized carbons (Fsp3) is 0.667. The number of rotatable bonds is 7. The number of hydrogen-bond acceptors (Lipinski definition) is 4. The zero-order valence-corrected chi connectivity index (χ0v) is 13.1. The summed E-state index contributed by atoms with van der Waals surface area (Å²) in [7, 11) is 0. The van der Waals surface area contributed by atoms with Crippen LogP contribution in [0.5, 0.6) is 0 Å². The van der Waals surface area contributed by atoms with Crippen LogP contribution < -0.4 is 10.6 Å². The lowest BCUT2D eigenvalue weighted by Crippen LogP contribution is -2.26. The van der Waals surface area contributed by atoms with E-state index < -0.39 is 17.7 Å². The van der Waals surface area contributed by atoms with E-state index in [0.29, 0.717) is 13.0 Å². The van der Waals surface area contributed by atoms with Crippen molar-refractivity contribution in [2.45, 2.75) is 46.6 Å². The minimum Gasteiger partial charge on any atom is -0.391 e. The molecule has 6 heteroatoms. The normalized spacial score (nSPS) is 13.1. The predicted molar refractivity (Wildman–Crippen MR) is 81.5 cm³/mol. The Morgan fingerprint density at radius 1 is 1.19 bits per heavy atom. The largest absolute Gasteiger partial charge is 0.391 e. The maximum atomic E-state index is 13.7. The van der Waals surface area contributed by atoms with Crippen molar-refractivity contribution in [3.8, 4) is 0 Å². The van der Waals surface area contributed by atoms with Gasteiger partial charge in [-0.2, -0.15) is 0 Å². The number of halogens is 2. The second-order valence-electron chi connectivity index (χ2n) is 6.38. The second-order valence-corrected chi connectivity index (χ2v) is 6.38. The van der Waals surface area contributed by atoms with E-state index in [-0.39, 0.29) is 23.6 Å². The quantitative estimate of drug-likeness (QED) is 0.722. The molecule has 21 heavy (non-hydrogen) atoms. The van der Waals surface area contributed by atoms with Gasteiger partial charge in [-0.3, -0.25) is 0 Å². The van der Waals surface area contributed by atoms with Crippen molar-refractivity contribution in [2.75, 3.05) is 23.7 Å². The van der Waals surface area contributed by atoms with E-state index in [9.17, 15) is 13.9 Å². The molecule has 0 saturated heterocycles. The molecule has 0 fully saturated rings. The van der Waals surface area contributed by atoms with E-state index in [2.05, 4.69) is 15.6 Å². The molecule has 0 amide bonds. The third-order valence-electron chi connectivity index (χ3n) is 2.83. The van der Waals surface area contributed by atoms with Crippen LogP contribution in [0.25, 0.3) is 0 Å². The van der Waals surface area contributed by atoms with E-state index in [1.54, 1.807) is 0 Å². The van der Waals surface area contributed by atoms with Gasteiger partial charge in [-0.25, -0.2) is 13.8 Å². The number of aliphatic hydroxyl groups is 1. The maximum absolute atomic E-state index is 13.7. The summed E-state index contributed by atoms with van der Waals surface area (Å²) in [6.07, 6.45) is 0.762. The van der Waals surface area contributed by atoms with Gasteiger partial charge in [-0.15, -0.1) is 0 Å². The second kappa shape index (κ2) is 7.54. The lowest BCUT2D eigenvalue weighted by molar-refractivity contribution is 0.132. The van der Waals surface area contributed by atoms with Crippen LogP contribution in [0.15, 0.2) is 6.07 Å². The van der Waals surface area contributed by atoms with Gasteiger partial charge in [0.15, 0.2) is 23.3 Å². The Morgan fingerprint density at radius 3 is 2.29 bits per heavy atom. The molecular weight excluding hydrogens is 276 g/mol. The molecule has 3 N–H and O–H groups in total. The van der Waals surface area contributed by atoms with Gasteiger partial charge in [0.2, 0.25) is 0 Å². The van der Waals surface area contributed by atoms with Crippen LogP contribution in [-0.2, 0) is 0 Å². The van der Waals surface area contributed by atoms with Crippen molar-refractivity contribution in [1.82, 2.24) is 4.98 Å². The summed E-state index contributed by atoms with van der Waals surface area (Å²) in [4.78, 5) is 3.89. The van der Waals surface area contributed by atoms with Gasteiger partial charge >= 0.3 is 0 Å². The fourth-order valence-corrected chi connectivity index (χ4v) is 1.95. The third kappa shape index (κ3) is 6.25. The molecule has 1 rings (SSSR count). The monoisotopic (exact) mass is 301 g/mol. The van der Waals surface area contributed by atoms with Gasteiger partial charge in [0, 0.05) is 19.2 Å². The molecule has 0 aliphatic rings. The maximum Gasteiger partial charge on any atom is 0.168 e. The summed E-state index contributed by atoms with van der Waals surface area (Å²) >= 11 is 0. The predicted octanol–water partition coefficient (Wildman–Crippen LogP) is 3.39. The summed E-state index contributed by atoms with van der Waals surface area (Å²) in [6, 6.07) is 0.795. The summed E-state index contributed by atoms with van der Waals surface area (Å²) < 4.78 is 27.2. The number of aromatic nitrogens is 1. The molecule has 1 unspecified atom stereocenters. The van der Waals surface area contributed by atoms with Crippen LogP contribution >= 0.6 is 0 Å². The number of pyridine rings is 1. The Bertz CT molecular complexity index is 461. The zero-order chi connectivity index (χ0) is 16.0. The highest BCUT2D eigenvalue weighted by Crippen LogP contribution is 2.22. The van der Waals surface area contributed by atoms with Gasteiger partial charge in [0.25, 0.3) is 0 Å². The molecule has 0 radical (unpaired) electrons. The van der Waals surface area contributed by atoms with Crippen LogP contribution in [-0.4, -0.2) is 29.3 Å². The Labute approximate surface area is 125 Å². The first-order valence-corrected chi connectivity index (χ1v) is 7.24. The number of anilines is 2. The Hall–Kier alpha value is -1.43. The van der Waals surface area contributed by atoms with Crippen molar-refractivity contribution < 1.29 is 13.9 Å². The average molecular weight is 301 g/mol. The first kappa shape index (κ1) is 17.6. The lowest BCUT2D eigenvalue weighted by atomic mass is 9.89. The number of aliphatic hydroxyl groups excluding tert-OH is 1. The summed E-state index contributed by atoms with van der Waals surface area (Å²) in [5.74, 6) is -1.52. The molecule has 0 saturated carbocycles. The lowest BCUT2D eigenvalue weighted by Gasteiger charge is -2.22. The Kier molecular flexibility index (Phi) is 6.33. The molecule has 1 atom stereocenters. The number of nitrogens with zero attached hydrogens (tertiary/aromatic N) is 1. The standard InChI is InChI=1S/C15H25F2N3O/c1-5-6-18-13-11(16)7-12(17)14(20-13)19-9-10(21)8-15(2,3)4/h7,10,21H,5-6,8-9H2,1-4H3,(H2,18,19,20). The van der Waals surface area contributed by atoms with E-state index in [1.165, 1.54) is 0 Å². The number of hydrogen-bond donors (Lipinski definition) is 3. The number of nitrogens with one attached hydrogen (secondary N) is 2. The first-order valence-electron chi connectivity index (χ1n) is 7.24. The van der Waals surface area contributed by atoms with Gasteiger partial charge in [-0.1, -0.05) is 27.7 Å². The molecule has 0 aliphatic carbocycles. The van der Waals surface area contributed by atoms with Crippen molar-refractivity contribution in [3.05, 3.63) is 17.7 Å². The van der Waals surface area contributed by atoms with Gasteiger partial charge in [0.05, 0.1) is 6.10 Å². The zero-order valence-electron chi connectivity index (χ0n) is 13.1. The van der Waals surface area contributed by atoms with E-state index in [0.717, 1.165) is 12.5 Å². The molecule has 1 heterocycles. The van der Waals surface area contributed by atoms with Gasteiger partial charge in [0.1, 0.15) is 0 Å². The molecule has 1 aromatic rings. The topological polar surface area (TPSA) is 57.2 Å².